The van der Waals surface area contributed by atoms with Gasteiger partial charge < -0.3 is 15.3 Å². The Hall–Kier alpha value is -1.62. The minimum atomic E-state index is -0.428. The molecule has 0 fully saturated rings. The Balaban J connectivity index is 2.66. The van der Waals surface area contributed by atoms with Gasteiger partial charge in [0.25, 0.3) is 0 Å². The van der Waals surface area contributed by atoms with Gasteiger partial charge >= 0.3 is 0 Å². The van der Waals surface area contributed by atoms with Crippen LogP contribution >= 0.6 is 12.2 Å². The first-order valence-electron chi connectivity index (χ1n) is 5.40. The third-order valence-corrected chi connectivity index (χ3v) is 3.09. The van der Waals surface area contributed by atoms with Crippen LogP contribution in [0.25, 0.3) is 11.0 Å². The third kappa shape index (κ3) is 2.10. The number of primary amides is 1. The molecule has 0 spiro atoms. The lowest BCUT2D eigenvalue weighted by molar-refractivity contribution is -0.119. The number of benzene rings is 1. The standard InChI is InChI=1S/C12H15N3OS/c1-12(2,7-10(13)16)15-9-6-4-3-5-8(9)14-11(15)17/h3-6H,7H2,1-2H3,(H2,13,16)(H,14,17). The van der Waals surface area contributed by atoms with Crippen molar-refractivity contribution in [2.45, 2.75) is 25.8 Å². The zero-order valence-corrected chi connectivity index (χ0v) is 10.7. The van der Waals surface area contributed by atoms with Gasteiger partial charge in [-0.25, -0.2) is 0 Å². The highest BCUT2D eigenvalue weighted by molar-refractivity contribution is 7.71. The fraction of sp³-hybridized carbons (Fsp3) is 0.333. The van der Waals surface area contributed by atoms with Crippen molar-refractivity contribution < 1.29 is 4.79 Å². The van der Waals surface area contributed by atoms with Crippen molar-refractivity contribution in [3.63, 3.8) is 0 Å². The van der Waals surface area contributed by atoms with Crippen LogP contribution in [0.4, 0.5) is 0 Å². The SMILES string of the molecule is CC(C)(CC(N)=O)n1c(=S)[nH]c2ccccc21. The van der Waals surface area contributed by atoms with Gasteiger partial charge in [-0.1, -0.05) is 12.1 Å². The van der Waals surface area contributed by atoms with Crippen molar-refractivity contribution in [3.05, 3.63) is 29.0 Å². The summed E-state index contributed by atoms with van der Waals surface area (Å²) in [5.41, 5.74) is 6.81. The molecular formula is C12H15N3OS. The van der Waals surface area contributed by atoms with Gasteiger partial charge in [0, 0.05) is 6.42 Å². The van der Waals surface area contributed by atoms with Gasteiger partial charge in [0.15, 0.2) is 4.77 Å². The first-order chi connectivity index (χ1) is 7.92. The summed E-state index contributed by atoms with van der Waals surface area (Å²) >= 11 is 5.31. The molecule has 0 saturated heterocycles. The van der Waals surface area contributed by atoms with Gasteiger partial charge in [0.1, 0.15) is 0 Å². The van der Waals surface area contributed by atoms with E-state index in [-0.39, 0.29) is 12.3 Å². The van der Waals surface area contributed by atoms with E-state index < -0.39 is 5.54 Å². The van der Waals surface area contributed by atoms with E-state index in [9.17, 15) is 4.79 Å². The van der Waals surface area contributed by atoms with E-state index in [1.807, 2.05) is 42.7 Å². The molecule has 0 aliphatic rings. The average molecular weight is 249 g/mol. The van der Waals surface area contributed by atoms with Gasteiger partial charge in [-0.3, -0.25) is 4.79 Å². The average Bonchev–Trinajstić information content (AvgIpc) is 2.51. The van der Waals surface area contributed by atoms with Crippen LogP contribution in [0.1, 0.15) is 20.3 Å². The summed E-state index contributed by atoms with van der Waals surface area (Å²) in [6, 6.07) is 7.83. The van der Waals surface area contributed by atoms with Gasteiger partial charge in [0.05, 0.1) is 16.6 Å². The van der Waals surface area contributed by atoms with E-state index in [4.69, 9.17) is 18.0 Å². The molecule has 0 atom stereocenters. The molecule has 1 heterocycles. The molecule has 2 aromatic rings. The number of carbonyl (C=O) groups is 1. The molecule has 90 valence electrons. The second kappa shape index (κ2) is 4.00. The van der Waals surface area contributed by atoms with Crippen molar-refractivity contribution >= 4 is 29.2 Å². The molecule has 3 N–H and O–H groups in total. The normalized spacial score (nSPS) is 11.9. The summed E-state index contributed by atoms with van der Waals surface area (Å²) in [5, 5.41) is 0. The van der Waals surface area contributed by atoms with Gasteiger partial charge in [-0.15, -0.1) is 0 Å². The second-order valence-corrected chi connectivity index (χ2v) is 5.12. The molecule has 2 rings (SSSR count). The van der Waals surface area contributed by atoms with Crippen molar-refractivity contribution in [2.24, 2.45) is 5.73 Å². The van der Waals surface area contributed by atoms with E-state index in [1.165, 1.54) is 0 Å². The molecule has 0 radical (unpaired) electrons. The maximum absolute atomic E-state index is 11.1. The van der Waals surface area contributed by atoms with Crippen molar-refractivity contribution in [1.82, 2.24) is 9.55 Å². The molecule has 0 aliphatic heterocycles. The Morgan fingerprint density at radius 1 is 1.47 bits per heavy atom. The molecule has 0 bridgehead atoms. The van der Waals surface area contributed by atoms with Crippen LogP contribution in [0.5, 0.6) is 0 Å². The van der Waals surface area contributed by atoms with Crippen LogP contribution in [0.3, 0.4) is 0 Å². The fourth-order valence-electron chi connectivity index (χ4n) is 2.16. The number of fused-ring (bicyclic) bond motifs is 1. The van der Waals surface area contributed by atoms with Crippen LogP contribution in [0.2, 0.25) is 0 Å². The predicted molar refractivity (Wildman–Crippen MR) is 70.3 cm³/mol. The Morgan fingerprint density at radius 2 is 2.12 bits per heavy atom. The number of nitrogens with zero attached hydrogens (tertiary/aromatic N) is 1. The second-order valence-electron chi connectivity index (χ2n) is 4.74. The van der Waals surface area contributed by atoms with Gasteiger partial charge in [-0.2, -0.15) is 0 Å². The van der Waals surface area contributed by atoms with E-state index in [0.717, 1.165) is 11.0 Å². The van der Waals surface area contributed by atoms with Crippen molar-refractivity contribution in [2.75, 3.05) is 0 Å². The number of aromatic nitrogens is 2. The predicted octanol–water partition coefficient (Wildman–Crippen LogP) is 2.31. The Bertz CT molecular complexity index is 624. The Labute approximate surface area is 104 Å². The third-order valence-electron chi connectivity index (χ3n) is 2.80. The highest BCUT2D eigenvalue weighted by Gasteiger charge is 2.25. The number of nitrogens with one attached hydrogen (secondary N) is 1. The molecular weight excluding hydrogens is 234 g/mol. The largest absolute Gasteiger partial charge is 0.370 e. The number of imidazole rings is 1. The van der Waals surface area contributed by atoms with Crippen LogP contribution in [-0.2, 0) is 10.3 Å². The fourth-order valence-corrected chi connectivity index (χ4v) is 2.62. The molecule has 1 amide bonds. The minimum absolute atomic E-state index is 0.253. The van der Waals surface area contributed by atoms with Crippen molar-refractivity contribution in [3.8, 4) is 0 Å². The number of hydrogen-bond donors (Lipinski definition) is 2. The number of hydrogen-bond acceptors (Lipinski definition) is 2. The first-order valence-corrected chi connectivity index (χ1v) is 5.81. The summed E-state index contributed by atoms with van der Waals surface area (Å²) in [7, 11) is 0. The summed E-state index contributed by atoms with van der Waals surface area (Å²) in [6.45, 7) is 3.90. The highest BCUT2D eigenvalue weighted by atomic mass is 32.1. The maximum Gasteiger partial charge on any atom is 0.219 e. The monoisotopic (exact) mass is 249 g/mol. The summed E-state index contributed by atoms with van der Waals surface area (Å²) in [6.07, 6.45) is 0.253. The Morgan fingerprint density at radius 3 is 2.76 bits per heavy atom. The van der Waals surface area contributed by atoms with Crippen LogP contribution in [-0.4, -0.2) is 15.5 Å². The number of rotatable bonds is 3. The summed E-state index contributed by atoms with van der Waals surface area (Å²) < 4.78 is 2.56. The zero-order chi connectivity index (χ0) is 12.6. The molecule has 1 aromatic heterocycles. The highest BCUT2D eigenvalue weighted by Crippen LogP contribution is 2.26. The number of carbonyl (C=O) groups excluding carboxylic acids is 1. The molecule has 0 aliphatic carbocycles. The molecule has 17 heavy (non-hydrogen) atoms. The quantitative estimate of drug-likeness (QED) is 0.820. The molecule has 5 heteroatoms. The number of para-hydroxylation sites is 2. The molecule has 0 saturated carbocycles. The summed E-state index contributed by atoms with van der Waals surface area (Å²) in [5.74, 6) is -0.331. The smallest absolute Gasteiger partial charge is 0.219 e. The number of H-pyrrole nitrogens is 1. The molecule has 4 nitrogen and oxygen atoms in total. The Kier molecular flexibility index (Phi) is 2.79. The van der Waals surface area contributed by atoms with Gasteiger partial charge in [0.2, 0.25) is 5.91 Å². The minimum Gasteiger partial charge on any atom is -0.370 e. The number of nitrogens with two attached hydrogens (primary N) is 1. The van der Waals surface area contributed by atoms with Crippen LogP contribution < -0.4 is 5.73 Å². The van der Waals surface area contributed by atoms with Crippen molar-refractivity contribution in [1.29, 1.82) is 0 Å². The molecule has 1 aromatic carbocycles. The van der Waals surface area contributed by atoms with E-state index >= 15 is 0 Å². The molecule has 0 unspecified atom stereocenters. The topological polar surface area (TPSA) is 63.8 Å². The van der Waals surface area contributed by atoms with E-state index in [2.05, 4.69) is 4.98 Å². The lowest BCUT2D eigenvalue weighted by Gasteiger charge is -2.26. The van der Waals surface area contributed by atoms with Crippen LogP contribution in [0.15, 0.2) is 24.3 Å². The van der Waals surface area contributed by atoms with E-state index in [0.29, 0.717) is 4.77 Å². The van der Waals surface area contributed by atoms with Gasteiger partial charge in [-0.05, 0) is 38.2 Å². The zero-order valence-electron chi connectivity index (χ0n) is 9.86. The number of aromatic amines is 1. The lowest BCUT2D eigenvalue weighted by atomic mass is 10.00. The van der Waals surface area contributed by atoms with E-state index in [1.54, 1.807) is 0 Å². The first kappa shape index (κ1) is 11.9. The maximum atomic E-state index is 11.1. The summed E-state index contributed by atoms with van der Waals surface area (Å²) in [4.78, 5) is 14.3. The lowest BCUT2D eigenvalue weighted by Crippen LogP contribution is -2.32. The van der Waals surface area contributed by atoms with Crippen LogP contribution in [0, 0.1) is 4.77 Å². The number of amides is 1.